The second-order valence-electron chi connectivity index (χ2n) is 6.43. The molecule has 4 rings (SSSR count). The number of nitrogens with zero attached hydrogens (tertiary/aromatic N) is 2. The summed E-state index contributed by atoms with van der Waals surface area (Å²) in [7, 11) is 0. The van der Waals surface area contributed by atoms with Crippen LogP contribution >= 0.6 is 24.0 Å². The molecule has 2 fully saturated rings. The molecule has 28 heavy (non-hydrogen) atoms. The van der Waals surface area contributed by atoms with Gasteiger partial charge in [0, 0.05) is 30.4 Å². The molecule has 0 spiro atoms. The molecule has 1 aromatic heterocycles. The maximum atomic E-state index is 12.7. The molecule has 0 saturated carbocycles. The summed E-state index contributed by atoms with van der Waals surface area (Å²) in [6, 6.07) is 9.62. The number of benzene rings is 1. The van der Waals surface area contributed by atoms with Crippen molar-refractivity contribution in [3.8, 4) is 11.3 Å². The topological polar surface area (TPSA) is 85.8 Å². The van der Waals surface area contributed by atoms with Crippen molar-refractivity contribution in [3.05, 3.63) is 57.2 Å². The number of carbonyl (C=O) groups is 1. The number of nitro benzene ring substituents is 1. The van der Waals surface area contributed by atoms with Crippen LogP contribution in [-0.4, -0.2) is 39.3 Å². The SMILES string of the molecule is O=C1/C(=C\c2ccc(-c3ccc([N+](=O)[O-])cc3)o2)SC(=S)N1CC1CCCO1. The minimum atomic E-state index is -0.448. The smallest absolute Gasteiger partial charge is 0.269 e. The molecule has 1 amide bonds. The standard InChI is InChI=1S/C19H16N2O5S2/c22-18-17(28-19(27)20(18)11-15-2-1-9-25-15)10-14-7-8-16(26-14)12-3-5-13(6-4-12)21(23)24/h3-8,10,15H,1-2,9,11H2/b17-10+. The third-order valence-corrected chi connectivity index (χ3v) is 5.92. The van der Waals surface area contributed by atoms with Gasteiger partial charge < -0.3 is 9.15 Å². The fraction of sp³-hybridized carbons (Fsp3) is 0.263. The molecule has 0 bridgehead atoms. The largest absolute Gasteiger partial charge is 0.457 e. The fourth-order valence-corrected chi connectivity index (χ4v) is 4.37. The monoisotopic (exact) mass is 416 g/mol. The Hall–Kier alpha value is -2.49. The van der Waals surface area contributed by atoms with Gasteiger partial charge in [0.15, 0.2) is 0 Å². The maximum absolute atomic E-state index is 12.7. The van der Waals surface area contributed by atoms with Crippen molar-refractivity contribution in [1.29, 1.82) is 0 Å². The Morgan fingerprint density at radius 1 is 1.29 bits per heavy atom. The van der Waals surface area contributed by atoms with E-state index in [2.05, 4.69) is 0 Å². The van der Waals surface area contributed by atoms with Gasteiger partial charge in [-0.05, 0) is 37.1 Å². The van der Waals surface area contributed by atoms with E-state index in [0.29, 0.717) is 27.3 Å². The number of furan rings is 1. The van der Waals surface area contributed by atoms with Gasteiger partial charge >= 0.3 is 0 Å². The molecular formula is C19H16N2O5S2. The van der Waals surface area contributed by atoms with Gasteiger partial charge in [-0.1, -0.05) is 24.0 Å². The second-order valence-corrected chi connectivity index (χ2v) is 8.11. The highest BCUT2D eigenvalue weighted by molar-refractivity contribution is 8.26. The van der Waals surface area contributed by atoms with Crippen LogP contribution < -0.4 is 0 Å². The van der Waals surface area contributed by atoms with Gasteiger partial charge in [0.2, 0.25) is 0 Å². The minimum Gasteiger partial charge on any atom is -0.457 e. The molecule has 7 nitrogen and oxygen atoms in total. The first-order chi connectivity index (χ1) is 13.5. The molecule has 2 aliphatic heterocycles. The van der Waals surface area contributed by atoms with E-state index in [0.717, 1.165) is 25.0 Å². The number of ether oxygens (including phenoxy) is 1. The Bertz CT molecular complexity index is 961. The molecule has 2 aliphatic rings. The molecule has 1 aromatic carbocycles. The molecule has 3 heterocycles. The lowest BCUT2D eigenvalue weighted by atomic mass is 10.1. The third-order valence-electron chi connectivity index (χ3n) is 4.55. The number of nitro groups is 1. The summed E-state index contributed by atoms with van der Waals surface area (Å²) >= 11 is 6.60. The van der Waals surface area contributed by atoms with Gasteiger partial charge in [-0.15, -0.1) is 0 Å². The summed E-state index contributed by atoms with van der Waals surface area (Å²) in [5.41, 5.74) is 0.738. The first-order valence-corrected chi connectivity index (χ1v) is 9.95. The Morgan fingerprint density at radius 2 is 2.07 bits per heavy atom. The number of thiocarbonyl (C=S) groups is 1. The van der Waals surface area contributed by atoms with Crippen molar-refractivity contribution in [2.75, 3.05) is 13.2 Å². The third kappa shape index (κ3) is 3.87. The zero-order valence-corrected chi connectivity index (χ0v) is 16.3. The van der Waals surface area contributed by atoms with E-state index < -0.39 is 4.92 Å². The lowest BCUT2D eigenvalue weighted by Gasteiger charge is -2.18. The normalized spacial score (nSPS) is 21.1. The molecule has 0 N–H and O–H groups in total. The number of rotatable bonds is 5. The Kier molecular flexibility index (Phi) is 5.29. The van der Waals surface area contributed by atoms with E-state index in [-0.39, 0.29) is 17.7 Å². The highest BCUT2D eigenvalue weighted by Crippen LogP contribution is 2.34. The fourth-order valence-electron chi connectivity index (χ4n) is 3.11. The van der Waals surface area contributed by atoms with Crippen LogP contribution in [0.1, 0.15) is 18.6 Å². The summed E-state index contributed by atoms with van der Waals surface area (Å²) in [6.45, 7) is 1.21. The van der Waals surface area contributed by atoms with E-state index in [9.17, 15) is 14.9 Å². The number of thioether (sulfide) groups is 1. The first kappa shape index (κ1) is 18.9. The van der Waals surface area contributed by atoms with Crippen molar-refractivity contribution in [3.63, 3.8) is 0 Å². The van der Waals surface area contributed by atoms with Crippen LogP contribution in [0.3, 0.4) is 0 Å². The predicted octanol–water partition coefficient (Wildman–Crippen LogP) is 4.24. The van der Waals surface area contributed by atoms with E-state index in [1.165, 1.54) is 23.9 Å². The van der Waals surface area contributed by atoms with Crippen LogP contribution in [-0.2, 0) is 9.53 Å². The van der Waals surface area contributed by atoms with Crippen LogP contribution in [0.4, 0.5) is 5.69 Å². The quantitative estimate of drug-likeness (QED) is 0.312. The molecule has 2 saturated heterocycles. The van der Waals surface area contributed by atoms with Crippen LogP contribution in [0, 0.1) is 10.1 Å². The van der Waals surface area contributed by atoms with Gasteiger partial charge in [0.05, 0.1) is 22.5 Å². The van der Waals surface area contributed by atoms with Gasteiger partial charge in [-0.3, -0.25) is 19.8 Å². The Morgan fingerprint density at radius 3 is 2.75 bits per heavy atom. The molecule has 0 aliphatic carbocycles. The van der Waals surface area contributed by atoms with Gasteiger partial charge in [-0.25, -0.2) is 0 Å². The molecule has 2 aromatic rings. The van der Waals surface area contributed by atoms with Crippen LogP contribution in [0.15, 0.2) is 45.7 Å². The average Bonchev–Trinajstić information content (AvgIpc) is 3.41. The second kappa shape index (κ2) is 7.86. The average molecular weight is 416 g/mol. The van der Waals surface area contributed by atoms with Gasteiger partial charge in [0.25, 0.3) is 11.6 Å². The van der Waals surface area contributed by atoms with E-state index in [4.69, 9.17) is 21.4 Å². The Labute approximate surface area is 170 Å². The van der Waals surface area contributed by atoms with Crippen LogP contribution in [0.5, 0.6) is 0 Å². The zero-order valence-electron chi connectivity index (χ0n) is 14.7. The number of amides is 1. The Balaban J connectivity index is 1.49. The van der Waals surface area contributed by atoms with Crippen molar-refractivity contribution >= 4 is 46.0 Å². The lowest BCUT2D eigenvalue weighted by molar-refractivity contribution is -0.384. The van der Waals surface area contributed by atoms with E-state index in [1.54, 1.807) is 35.2 Å². The maximum Gasteiger partial charge on any atom is 0.269 e. The van der Waals surface area contributed by atoms with Gasteiger partial charge in [-0.2, -0.15) is 0 Å². The van der Waals surface area contributed by atoms with Crippen molar-refractivity contribution in [2.45, 2.75) is 18.9 Å². The summed E-state index contributed by atoms with van der Waals surface area (Å²) in [5.74, 6) is 0.945. The van der Waals surface area contributed by atoms with E-state index >= 15 is 0 Å². The predicted molar refractivity (Wildman–Crippen MR) is 110 cm³/mol. The van der Waals surface area contributed by atoms with Gasteiger partial charge in [0.1, 0.15) is 15.8 Å². The van der Waals surface area contributed by atoms with Crippen molar-refractivity contribution in [2.24, 2.45) is 0 Å². The highest BCUT2D eigenvalue weighted by atomic mass is 32.2. The highest BCUT2D eigenvalue weighted by Gasteiger charge is 2.34. The van der Waals surface area contributed by atoms with Crippen LogP contribution in [0.25, 0.3) is 17.4 Å². The molecule has 1 atom stereocenters. The molecule has 144 valence electrons. The molecular weight excluding hydrogens is 400 g/mol. The summed E-state index contributed by atoms with van der Waals surface area (Å²) < 4.78 is 11.9. The number of carbonyl (C=O) groups excluding carboxylic acids is 1. The lowest BCUT2D eigenvalue weighted by Crippen LogP contribution is -2.35. The number of hydrogen-bond acceptors (Lipinski definition) is 7. The molecule has 9 heteroatoms. The first-order valence-electron chi connectivity index (χ1n) is 8.73. The minimum absolute atomic E-state index is 0.0189. The number of non-ortho nitro benzene ring substituents is 1. The van der Waals surface area contributed by atoms with Crippen LogP contribution in [0.2, 0.25) is 0 Å². The van der Waals surface area contributed by atoms with Crippen molar-refractivity contribution in [1.82, 2.24) is 4.90 Å². The number of hydrogen-bond donors (Lipinski definition) is 0. The summed E-state index contributed by atoms with van der Waals surface area (Å²) in [5, 5.41) is 10.8. The molecule has 0 radical (unpaired) electrons. The molecule has 1 unspecified atom stereocenters. The summed E-state index contributed by atoms with van der Waals surface area (Å²) in [6.07, 6.45) is 3.66. The van der Waals surface area contributed by atoms with E-state index in [1.807, 2.05) is 0 Å². The summed E-state index contributed by atoms with van der Waals surface area (Å²) in [4.78, 5) is 25.1. The van der Waals surface area contributed by atoms with Crippen molar-refractivity contribution < 1.29 is 18.9 Å². The zero-order chi connectivity index (χ0) is 19.7.